The van der Waals surface area contributed by atoms with Crippen LogP contribution in [0, 0.1) is 5.41 Å². The number of rotatable bonds is 4. The van der Waals surface area contributed by atoms with Crippen LogP contribution in [0.15, 0.2) is 64.8 Å². The Balaban J connectivity index is 1.95. The van der Waals surface area contributed by atoms with Crippen molar-refractivity contribution in [1.29, 1.82) is 5.41 Å². The Labute approximate surface area is 122 Å². The second-order valence-corrected chi connectivity index (χ2v) is 5.42. The molecule has 0 unspecified atom stereocenters. The highest BCUT2D eigenvalue weighted by molar-refractivity contribution is 9.12. The summed E-state index contributed by atoms with van der Waals surface area (Å²) in [6.07, 6.45) is 7.52. The Morgan fingerprint density at radius 3 is 2.74 bits per heavy atom. The Bertz CT molecular complexity index is 541. The van der Waals surface area contributed by atoms with Gasteiger partial charge in [-0.15, -0.1) is 0 Å². The van der Waals surface area contributed by atoms with Crippen molar-refractivity contribution < 1.29 is 0 Å². The van der Waals surface area contributed by atoms with Gasteiger partial charge in [0.1, 0.15) is 0 Å². The standard InChI is InChI=1S/C16H17BrN2/c1-12(13-6-3-2-4-7-13)10-19-11-14-15(17)8-5-9-16(14)18/h2-9,11-12,18-19H,10H2,1H3/b14-11-,18-16?/t12-/m0/s1. The van der Waals surface area contributed by atoms with E-state index in [0.717, 1.165) is 16.6 Å². The van der Waals surface area contributed by atoms with Crippen LogP contribution >= 0.6 is 15.9 Å². The summed E-state index contributed by atoms with van der Waals surface area (Å²) < 4.78 is 0.944. The third kappa shape index (κ3) is 3.67. The summed E-state index contributed by atoms with van der Waals surface area (Å²) in [5, 5.41) is 11.2. The van der Waals surface area contributed by atoms with Gasteiger partial charge in [-0.1, -0.05) is 59.3 Å². The van der Waals surface area contributed by atoms with Gasteiger partial charge in [0.25, 0.3) is 0 Å². The van der Waals surface area contributed by atoms with E-state index in [9.17, 15) is 0 Å². The van der Waals surface area contributed by atoms with Crippen molar-refractivity contribution in [3.05, 3.63) is 70.4 Å². The van der Waals surface area contributed by atoms with E-state index in [-0.39, 0.29) is 0 Å². The van der Waals surface area contributed by atoms with Crippen LogP contribution in [0.25, 0.3) is 0 Å². The smallest absolute Gasteiger partial charge is 0.0638 e. The zero-order valence-corrected chi connectivity index (χ0v) is 12.4. The summed E-state index contributed by atoms with van der Waals surface area (Å²) in [6.45, 7) is 3.04. The van der Waals surface area contributed by atoms with Crippen LogP contribution < -0.4 is 5.32 Å². The molecule has 1 aromatic carbocycles. The van der Waals surface area contributed by atoms with Crippen LogP contribution in [0.2, 0.25) is 0 Å². The lowest BCUT2D eigenvalue weighted by molar-refractivity contribution is 0.700. The van der Waals surface area contributed by atoms with Crippen molar-refractivity contribution in [3.63, 3.8) is 0 Å². The summed E-state index contributed by atoms with van der Waals surface area (Å²) in [4.78, 5) is 0. The molecule has 1 aliphatic rings. The largest absolute Gasteiger partial charge is 0.390 e. The van der Waals surface area contributed by atoms with Crippen molar-refractivity contribution in [2.45, 2.75) is 12.8 Å². The maximum atomic E-state index is 7.86. The van der Waals surface area contributed by atoms with E-state index in [2.05, 4.69) is 52.4 Å². The summed E-state index contributed by atoms with van der Waals surface area (Å²) in [5.74, 6) is 0.439. The van der Waals surface area contributed by atoms with Gasteiger partial charge in [-0.3, -0.25) is 0 Å². The third-order valence-corrected chi connectivity index (χ3v) is 3.78. The minimum absolute atomic E-state index is 0.439. The quantitative estimate of drug-likeness (QED) is 0.860. The molecule has 3 heteroatoms. The van der Waals surface area contributed by atoms with Crippen molar-refractivity contribution >= 4 is 21.6 Å². The number of nitrogens with one attached hydrogen (secondary N) is 2. The SMILES string of the molecule is C[C@@H](CN/C=C1\C(=N)C=CC=C1Br)c1ccccc1. The van der Waals surface area contributed by atoms with Gasteiger partial charge < -0.3 is 10.7 Å². The molecule has 0 saturated carbocycles. The molecule has 0 aliphatic heterocycles. The van der Waals surface area contributed by atoms with Gasteiger partial charge in [0.2, 0.25) is 0 Å². The van der Waals surface area contributed by atoms with Gasteiger partial charge in [-0.05, 0) is 23.6 Å². The van der Waals surface area contributed by atoms with Gasteiger partial charge in [-0.2, -0.15) is 0 Å². The fourth-order valence-electron chi connectivity index (χ4n) is 1.92. The van der Waals surface area contributed by atoms with E-state index in [1.807, 2.05) is 24.4 Å². The van der Waals surface area contributed by atoms with E-state index in [1.54, 1.807) is 6.08 Å². The van der Waals surface area contributed by atoms with Crippen molar-refractivity contribution in [2.24, 2.45) is 0 Å². The predicted octanol–water partition coefficient (Wildman–Crippen LogP) is 4.13. The van der Waals surface area contributed by atoms with Crippen LogP contribution in [-0.4, -0.2) is 12.3 Å². The minimum Gasteiger partial charge on any atom is -0.390 e. The normalized spacial score (nSPS) is 18.3. The van der Waals surface area contributed by atoms with Crippen LogP contribution in [0.1, 0.15) is 18.4 Å². The Hall–Kier alpha value is -1.61. The lowest BCUT2D eigenvalue weighted by Gasteiger charge is -2.14. The average molecular weight is 317 g/mol. The van der Waals surface area contributed by atoms with Crippen molar-refractivity contribution in [1.82, 2.24) is 5.32 Å². The Morgan fingerprint density at radius 2 is 2.05 bits per heavy atom. The predicted molar refractivity (Wildman–Crippen MR) is 84.8 cm³/mol. The monoisotopic (exact) mass is 316 g/mol. The summed E-state index contributed by atoms with van der Waals surface area (Å²) in [6, 6.07) is 10.4. The maximum absolute atomic E-state index is 7.86. The summed E-state index contributed by atoms with van der Waals surface area (Å²) in [5.41, 5.74) is 2.73. The molecule has 19 heavy (non-hydrogen) atoms. The lowest BCUT2D eigenvalue weighted by Crippen LogP contribution is -2.16. The highest BCUT2D eigenvalue weighted by Crippen LogP contribution is 2.22. The third-order valence-electron chi connectivity index (χ3n) is 3.09. The first-order valence-corrected chi connectivity index (χ1v) is 7.09. The molecule has 2 rings (SSSR count). The van der Waals surface area contributed by atoms with Gasteiger partial charge >= 0.3 is 0 Å². The van der Waals surface area contributed by atoms with Crippen LogP contribution in [0.5, 0.6) is 0 Å². The molecule has 0 radical (unpaired) electrons. The molecule has 2 nitrogen and oxygen atoms in total. The number of benzene rings is 1. The molecule has 1 atom stereocenters. The van der Waals surface area contributed by atoms with Crippen LogP contribution in [-0.2, 0) is 0 Å². The number of hydrogen-bond acceptors (Lipinski definition) is 2. The first kappa shape index (κ1) is 13.8. The lowest BCUT2D eigenvalue weighted by atomic mass is 10.0. The Kier molecular flexibility index (Phi) is 4.74. The molecule has 0 bridgehead atoms. The van der Waals surface area contributed by atoms with Gasteiger partial charge in [-0.25, -0.2) is 0 Å². The van der Waals surface area contributed by atoms with Gasteiger partial charge in [0.15, 0.2) is 0 Å². The molecule has 0 amide bonds. The van der Waals surface area contributed by atoms with Gasteiger partial charge in [0, 0.05) is 22.8 Å². The van der Waals surface area contributed by atoms with Crippen molar-refractivity contribution in [2.75, 3.05) is 6.54 Å². The van der Waals surface area contributed by atoms with E-state index in [0.29, 0.717) is 11.6 Å². The second kappa shape index (κ2) is 6.53. The minimum atomic E-state index is 0.439. The number of halogens is 1. The van der Waals surface area contributed by atoms with E-state index in [1.165, 1.54) is 5.56 Å². The molecule has 0 aromatic heterocycles. The molecule has 98 valence electrons. The molecular formula is C16H17BrN2. The Morgan fingerprint density at radius 1 is 1.32 bits per heavy atom. The molecule has 0 fully saturated rings. The molecular weight excluding hydrogens is 300 g/mol. The molecule has 1 aromatic rings. The zero-order chi connectivity index (χ0) is 13.7. The van der Waals surface area contributed by atoms with Crippen LogP contribution in [0.4, 0.5) is 0 Å². The van der Waals surface area contributed by atoms with E-state index in [4.69, 9.17) is 5.41 Å². The summed E-state index contributed by atoms with van der Waals surface area (Å²) >= 11 is 3.47. The van der Waals surface area contributed by atoms with E-state index >= 15 is 0 Å². The average Bonchev–Trinajstić information content (AvgIpc) is 2.43. The number of hydrogen-bond donors (Lipinski definition) is 2. The molecule has 0 spiro atoms. The van der Waals surface area contributed by atoms with Crippen LogP contribution in [0.3, 0.4) is 0 Å². The number of allylic oxidation sites excluding steroid dienone is 5. The van der Waals surface area contributed by atoms with E-state index < -0.39 is 0 Å². The highest BCUT2D eigenvalue weighted by Gasteiger charge is 2.09. The first-order valence-electron chi connectivity index (χ1n) is 6.30. The summed E-state index contributed by atoms with van der Waals surface area (Å²) in [7, 11) is 0. The molecule has 2 N–H and O–H groups in total. The fourth-order valence-corrected chi connectivity index (χ4v) is 2.40. The molecule has 1 aliphatic carbocycles. The second-order valence-electron chi connectivity index (χ2n) is 4.57. The zero-order valence-electron chi connectivity index (χ0n) is 10.9. The fraction of sp³-hybridized carbons (Fsp3) is 0.188. The molecule has 0 heterocycles. The maximum Gasteiger partial charge on any atom is 0.0638 e. The first-order chi connectivity index (χ1) is 9.18. The molecule has 0 saturated heterocycles. The van der Waals surface area contributed by atoms with Crippen molar-refractivity contribution in [3.8, 4) is 0 Å². The van der Waals surface area contributed by atoms with Gasteiger partial charge in [0.05, 0.1) is 5.71 Å². The highest BCUT2D eigenvalue weighted by atomic mass is 79.9. The topological polar surface area (TPSA) is 35.9 Å².